The number of hydrogen-bond acceptors (Lipinski definition) is 2. The molecule has 0 rings (SSSR count). The van der Waals surface area contributed by atoms with Gasteiger partial charge in [-0.1, -0.05) is 0 Å². The summed E-state index contributed by atoms with van der Waals surface area (Å²) < 4.78 is 0. The van der Waals surface area contributed by atoms with E-state index in [1.807, 2.05) is 0 Å². The first-order chi connectivity index (χ1) is 2.64. The van der Waals surface area contributed by atoms with E-state index in [2.05, 4.69) is 0 Å². The van der Waals surface area contributed by atoms with Crippen molar-refractivity contribution in [1.29, 1.82) is 0 Å². The monoisotopic (exact) mass is 128 g/mol. The van der Waals surface area contributed by atoms with E-state index >= 15 is 0 Å². The van der Waals surface area contributed by atoms with Crippen molar-refractivity contribution >= 4 is 11.8 Å². The first-order valence-electron chi connectivity index (χ1n) is 1.38. The Morgan fingerprint density at radius 3 is 1.71 bits per heavy atom. The molecule has 0 aliphatic carbocycles. The van der Waals surface area contributed by atoms with E-state index in [9.17, 15) is 9.59 Å². The molecular formula is C3H5KO3. The Labute approximate surface area is 85.0 Å². The van der Waals surface area contributed by atoms with Gasteiger partial charge >= 0.3 is 57.4 Å². The van der Waals surface area contributed by atoms with Crippen LogP contribution in [0.25, 0.3) is 0 Å². The first kappa shape index (κ1) is 10.7. The van der Waals surface area contributed by atoms with E-state index in [1.54, 1.807) is 0 Å². The van der Waals surface area contributed by atoms with Crippen LogP contribution >= 0.6 is 0 Å². The van der Waals surface area contributed by atoms with Gasteiger partial charge in [-0.15, -0.1) is 0 Å². The molecule has 36 valence electrons. The Hall–Kier alpha value is 0.776. The zero-order valence-corrected chi connectivity index (χ0v) is 7.39. The number of carbonyl (C=O) groups excluding carboxylic acids is 1. The molecule has 0 heterocycles. The van der Waals surface area contributed by atoms with E-state index in [4.69, 9.17) is 5.11 Å². The largest absolute Gasteiger partial charge is 1.00 e. The number of aliphatic carboxylic acids is 1. The normalized spacial score (nSPS) is 6.43. The predicted octanol–water partition coefficient (Wildman–Crippen LogP) is -3.22. The van der Waals surface area contributed by atoms with Crippen LogP contribution in [0.3, 0.4) is 0 Å². The summed E-state index contributed by atoms with van der Waals surface area (Å²) in [5, 5.41) is 7.64. The van der Waals surface area contributed by atoms with Gasteiger partial charge in [0.15, 0.2) is 0 Å². The fourth-order valence-electron chi connectivity index (χ4n) is 0. The van der Waals surface area contributed by atoms with E-state index in [1.165, 1.54) is 0 Å². The number of ketones is 1. The van der Waals surface area contributed by atoms with Crippen LogP contribution in [-0.4, -0.2) is 16.9 Å². The summed E-state index contributed by atoms with van der Waals surface area (Å²) in [4.78, 5) is 18.9. The molecule has 0 aromatic heterocycles. The minimum Gasteiger partial charge on any atom is -1.00 e. The molecule has 3 nitrogen and oxygen atoms in total. The molecule has 0 atom stereocenters. The minimum atomic E-state index is -1.38. The van der Waals surface area contributed by atoms with Gasteiger partial charge in [-0.05, 0) is 0 Å². The quantitative estimate of drug-likeness (QED) is 0.298. The Bertz CT molecular complexity index is 80.5. The maximum absolute atomic E-state index is 9.54. The molecule has 0 spiro atoms. The van der Waals surface area contributed by atoms with Gasteiger partial charge in [-0.25, -0.2) is 4.79 Å². The van der Waals surface area contributed by atoms with Crippen LogP contribution < -0.4 is 51.4 Å². The molecule has 0 saturated carbocycles. The second-order valence-corrected chi connectivity index (χ2v) is 0.861. The number of Topliss-reactive ketones (excluding diaryl/α,β-unsaturated/α-hetero) is 1. The van der Waals surface area contributed by atoms with Crippen molar-refractivity contribution in [3.8, 4) is 0 Å². The van der Waals surface area contributed by atoms with Crippen LogP contribution in [0.1, 0.15) is 8.35 Å². The maximum atomic E-state index is 9.54. The van der Waals surface area contributed by atoms with Gasteiger partial charge < -0.3 is 6.53 Å². The van der Waals surface area contributed by atoms with Gasteiger partial charge in [0, 0.05) is 6.92 Å². The van der Waals surface area contributed by atoms with Crippen LogP contribution in [0.4, 0.5) is 0 Å². The van der Waals surface area contributed by atoms with Crippen molar-refractivity contribution < 1.29 is 67.5 Å². The Kier molecular flexibility index (Phi) is 7.53. The fraction of sp³-hybridized carbons (Fsp3) is 0.333. The summed E-state index contributed by atoms with van der Waals surface area (Å²) in [5.74, 6) is -2.20. The molecular weight excluding hydrogens is 123 g/mol. The minimum absolute atomic E-state index is 0. The third-order valence-corrected chi connectivity index (χ3v) is 0.301. The smallest absolute Gasteiger partial charge is 1.00 e. The van der Waals surface area contributed by atoms with Gasteiger partial charge in [0.05, 0.1) is 0 Å². The summed E-state index contributed by atoms with van der Waals surface area (Å²) in [6, 6.07) is 0. The molecule has 0 aromatic rings. The standard InChI is InChI=1S/C3H4O3.K.H/c1-2(4)3(5)6;;/h1H3,(H,5,6);;/q;+1;-1. The van der Waals surface area contributed by atoms with Gasteiger partial charge in [-0.3, -0.25) is 4.79 Å². The summed E-state index contributed by atoms with van der Waals surface area (Å²) >= 11 is 0. The second-order valence-electron chi connectivity index (χ2n) is 0.861. The molecule has 0 bridgehead atoms. The summed E-state index contributed by atoms with van der Waals surface area (Å²) in [5.41, 5.74) is 0. The zero-order chi connectivity index (χ0) is 5.15. The Morgan fingerprint density at radius 1 is 1.57 bits per heavy atom. The van der Waals surface area contributed by atoms with Gasteiger partial charge in [0.2, 0.25) is 5.78 Å². The van der Waals surface area contributed by atoms with E-state index in [-0.39, 0.29) is 52.8 Å². The SMILES string of the molecule is CC(=O)C(=O)O.[H-].[K+]. The molecule has 0 unspecified atom stereocenters. The molecule has 0 fully saturated rings. The van der Waals surface area contributed by atoms with Crippen LogP contribution in [0.2, 0.25) is 0 Å². The zero-order valence-electron chi connectivity index (χ0n) is 5.26. The number of rotatable bonds is 1. The molecule has 0 aromatic carbocycles. The molecule has 4 heteroatoms. The van der Waals surface area contributed by atoms with Crippen LogP contribution in [0.15, 0.2) is 0 Å². The average Bonchev–Trinajstić information content (AvgIpc) is 1.36. The van der Waals surface area contributed by atoms with Crippen LogP contribution in [0.5, 0.6) is 0 Å². The van der Waals surface area contributed by atoms with E-state index in [0.29, 0.717) is 0 Å². The van der Waals surface area contributed by atoms with E-state index < -0.39 is 11.8 Å². The number of carbonyl (C=O) groups is 2. The van der Waals surface area contributed by atoms with Crippen LogP contribution in [-0.2, 0) is 9.59 Å². The summed E-state index contributed by atoms with van der Waals surface area (Å²) in [6.45, 7) is 1.00. The van der Waals surface area contributed by atoms with Crippen LogP contribution in [0, 0.1) is 0 Å². The summed E-state index contributed by atoms with van der Waals surface area (Å²) in [6.07, 6.45) is 0. The molecule has 7 heavy (non-hydrogen) atoms. The van der Waals surface area contributed by atoms with Gasteiger partial charge in [0.1, 0.15) is 0 Å². The van der Waals surface area contributed by atoms with Gasteiger partial charge in [0.25, 0.3) is 0 Å². The van der Waals surface area contributed by atoms with Gasteiger partial charge in [-0.2, -0.15) is 0 Å². The third kappa shape index (κ3) is 6.78. The molecule has 0 aliphatic rings. The molecule has 0 radical (unpaired) electrons. The molecule has 0 saturated heterocycles. The fourth-order valence-corrected chi connectivity index (χ4v) is 0. The van der Waals surface area contributed by atoms with Crippen molar-refractivity contribution in [3.63, 3.8) is 0 Å². The molecule has 0 amide bonds. The molecule has 1 N–H and O–H groups in total. The van der Waals surface area contributed by atoms with Crippen molar-refractivity contribution in [2.24, 2.45) is 0 Å². The Balaban J connectivity index is -0.000000125. The third-order valence-electron chi connectivity index (χ3n) is 0.301. The van der Waals surface area contributed by atoms with E-state index in [0.717, 1.165) is 6.92 Å². The van der Waals surface area contributed by atoms with Crippen molar-refractivity contribution in [2.45, 2.75) is 6.92 Å². The Morgan fingerprint density at radius 2 is 1.71 bits per heavy atom. The predicted molar refractivity (Wildman–Crippen MR) is 19.4 cm³/mol. The number of hydrogen-bond donors (Lipinski definition) is 1. The molecule has 0 aliphatic heterocycles. The maximum Gasteiger partial charge on any atom is 1.00 e. The van der Waals surface area contributed by atoms with Crippen molar-refractivity contribution in [3.05, 3.63) is 0 Å². The number of carboxylic acids is 1. The topological polar surface area (TPSA) is 54.4 Å². The van der Waals surface area contributed by atoms with Crippen molar-refractivity contribution in [1.82, 2.24) is 0 Å². The summed E-state index contributed by atoms with van der Waals surface area (Å²) in [7, 11) is 0. The van der Waals surface area contributed by atoms with Crippen molar-refractivity contribution in [2.75, 3.05) is 0 Å². The number of carboxylic acid groups (broad SMARTS) is 1. The average molecular weight is 128 g/mol. The first-order valence-corrected chi connectivity index (χ1v) is 1.38. The second kappa shape index (κ2) is 4.92.